The summed E-state index contributed by atoms with van der Waals surface area (Å²) < 4.78 is 5.07. The van der Waals surface area contributed by atoms with Gasteiger partial charge in [0.25, 0.3) is 0 Å². The maximum absolute atomic E-state index is 11.7. The average Bonchev–Trinajstić information content (AvgIpc) is 2.57. The maximum Gasteiger partial charge on any atom is 0.309 e. The fourth-order valence-corrected chi connectivity index (χ4v) is 2.64. The Labute approximate surface area is 132 Å². The highest BCUT2D eigenvalue weighted by Crippen LogP contribution is 2.27. The molecule has 1 aliphatic heterocycles. The van der Waals surface area contributed by atoms with Crippen molar-refractivity contribution < 1.29 is 14.3 Å². The molecule has 0 amide bonds. The molecule has 0 radical (unpaired) electrons. The Kier molecular flexibility index (Phi) is 7.37. The number of piperidine rings is 1. The average molecular weight is 303 g/mol. The molecule has 1 aliphatic rings. The van der Waals surface area contributed by atoms with Crippen LogP contribution in [0.25, 0.3) is 0 Å². The quantitative estimate of drug-likeness (QED) is 0.486. The van der Waals surface area contributed by atoms with Crippen LogP contribution in [0, 0.1) is 12.8 Å². The van der Waals surface area contributed by atoms with Crippen molar-refractivity contribution in [1.82, 2.24) is 0 Å². The van der Waals surface area contributed by atoms with Crippen molar-refractivity contribution >= 4 is 17.9 Å². The van der Waals surface area contributed by atoms with E-state index in [4.69, 9.17) is 4.74 Å². The van der Waals surface area contributed by atoms with Crippen molar-refractivity contribution in [3.63, 3.8) is 0 Å². The van der Waals surface area contributed by atoms with Crippen molar-refractivity contribution in [2.45, 2.75) is 26.7 Å². The molecule has 1 aromatic rings. The van der Waals surface area contributed by atoms with E-state index in [0.717, 1.165) is 43.5 Å². The normalized spacial score (nSPS) is 14.7. The molecule has 0 aliphatic carbocycles. The molecule has 0 aromatic heterocycles. The fraction of sp³-hybridized carbons (Fsp3) is 0.444. The van der Waals surface area contributed by atoms with Crippen LogP contribution in [0.2, 0.25) is 0 Å². The number of aryl methyl sites for hydroxylation is 1. The highest BCUT2D eigenvalue weighted by Gasteiger charge is 2.26. The van der Waals surface area contributed by atoms with Gasteiger partial charge in [-0.25, -0.2) is 0 Å². The summed E-state index contributed by atoms with van der Waals surface area (Å²) in [5.74, 6) is -0.0947. The molecule has 1 saturated heterocycles. The van der Waals surface area contributed by atoms with E-state index in [-0.39, 0.29) is 11.9 Å². The Balaban J connectivity index is 0.00000116. The van der Waals surface area contributed by atoms with E-state index in [1.165, 1.54) is 0 Å². The summed E-state index contributed by atoms with van der Waals surface area (Å²) in [6.07, 6.45) is 2.46. The van der Waals surface area contributed by atoms with Crippen LogP contribution in [-0.2, 0) is 9.53 Å². The van der Waals surface area contributed by atoms with Crippen LogP contribution in [0.3, 0.4) is 0 Å². The monoisotopic (exact) mass is 303 g/mol. The first-order valence-corrected chi connectivity index (χ1v) is 7.63. The van der Waals surface area contributed by atoms with E-state index in [2.05, 4.69) is 18.1 Å². The minimum atomic E-state index is -0.0907. The zero-order valence-electron chi connectivity index (χ0n) is 13.5. The standard InChI is InChI=1S/C16H21NO3.C2H4/c1-3-20-16(19)13-6-8-17(9-7-13)15-10-12(2)4-5-14(15)11-18;1-2/h4-5,10-11,13H,3,6-9H2,1-2H3;1-2H2. The van der Waals surface area contributed by atoms with Gasteiger partial charge in [-0.05, 0) is 44.4 Å². The topological polar surface area (TPSA) is 46.6 Å². The first kappa shape index (κ1) is 18.0. The second-order valence-corrected chi connectivity index (χ2v) is 5.19. The van der Waals surface area contributed by atoms with Gasteiger partial charge in [0.2, 0.25) is 0 Å². The molecule has 0 N–H and O–H groups in total. The molecule has 0 saturated carbocycles. The van der Waals surface area contributed by atoms with Crippen LogP contribution >= 0.6 is 0 Å². The predicted octanol–water partition coefficient (Wildman–Crippen LogP) is 3.39. The van der Waals surface area contributed by atoms with Gasteiger partial charge in [0.05, 0.1) is 12.5 Å². The lowest BCUT2D eigenvalue weighted by Gasteiger charge is -2.33. The minimum absolute atomic E-state index is 0.00399. The number of carbonyl (C=O) groups excluding carboxylic acids is 2. The van der Waals surface area contributed by atoms with Gasteiger partial charge in [-0.1, -0.05) is 6.07 Å². The summed E-state index contributed by atoms with van der Waals surface area (Å²) in [6, 6.07) is 5.84. The van der Waals surface area contributed by atoms with E-state index in [1.54, 1.807) is 0 Å². The molecule has 120 valence electrons. The lowest BCUT2D eigenvalue weighted by atomic mass is 9.96. The number of carbonyl (C=O) groups is 2. The van der Waals surface area contributed by atoms with E-state index in [1.807, 2.05) is 32.0 Å². The molecule has 0 spiro atoms. The second-order valence-electron chi connectivity index (χ2n) is 5.19. The van der Waals surface area contributed by atoms with Gasteiger partial charge in [-0.2, -0.15) is 0 Å². The number of ether oxygens (including phenoxy) is 1. The Hall–Kier alpha value is -2.10. The van der Waals surface area contributed by atoms with Gasteiger partial charge in [0, 0.05) is 24.3 Å². The third-order valence-electron chi connectivity index (χ3n) is 3.77. The van der Waals surface area contributed by atoms with Gasteiger partial charge in [0.1, 0.15) is 0 Å². The van der Waals surface area contributed by atoms with Gasteiger partial charge >= 0.3 is 5.97 Å². The molecule has 1 heterocycles. The maximum atomic E-state index is 11.7. The second kappa shape index (κ2) is 9.03. The molecule has 2 rings (SSSR count). The van der Waals surface area contributed by atoms with Crippen LogP contribution in [0.5, 0.6) is 0 Å². The zero-order valence-corrected chi connectivity index (χ0v) is 13.5. The molecule has 0 bridgehead atoms. The summed E-state index contributed by atoms with van der Waals surface area (Å²) in [5.41, 5.74) is 2.82. The first-order valence-electron chi connectivity index (χ1n) is 7.63. The predicted molar refractivity (Wildman–Crippen MR) is 89.4 cm³/mol. The van der Waals surface area contributed by atoms with Crippen molar-refractivity contribution in [2.24, 2.45) is 5.92 Å². The van der Waals surface area contributed by atoms with Crippen LogP contribution in [0.15, 0.2) is 31.4 Å². The van der Waals surface area contributed by atoms with Crippen LogP contribution in [-0.4, -0.2) is 32.0 Å². The molecular weight excluding hydrogens is 278 g/mol. The van der Waals surface area contributed by atoms with Crippen molar-refractivity contribution in [3.8, 4) is 0 Å². The number of anilines is 1. The number of nitrogens with zero attached hydrogens (tertiary/aromatic N) is 1. The summed E-state index contributed by atoms with van der Waals surface area (Å²) in [7, 11) is 0. The van der Waals surface area contributed by atoms with Crippen LogP contribution in [0.1, 0.15) is 35.7 Å². The third-order valence-corrected chi connectivity index (χ3v) is 3.77. The summed E-state index contributed by atoms with van der Waals surface area (Å²) in [6.45, 7) is 11.9. The molecule has 1 aromatic carbocycles. The van der Waals surface area contributed by atoms with Gasteiger partial charge in [0.15, 0.2) is 6.29 Å². The minimum Gasteiger partial charge on any atom is -0.466 e. The van der Waals surface area contributed by atoms with E-state index >= 15 is 0 Å². The molecule has 1 fully saturated rings. The highest BCUT2D eigenvalue weighted by molar-refractivity contribution is 5.85. The molecule has 0 unspecified atom stereocenters. The van der Waals surface area contributed by atoms with E-state index in [9.17, 15) is 9.59 Å². The van der Waals surface area contributed by atoms with Gasteiger partial charge < -0.3 is 9.64 Å². The third kappa shape index (κ3) is 4.45. The number of hydrogen-bond donors (Lipinski definition) is 0. The van der Waals surface area contributed by atoms with Crippen molar-refractivity contribution in [3.05, 3.63) is 42.5 Å². The van der Waals surface area contributed by atoms with E-state index in [0.29, 0.717) is 12.2 Å². The fourth-order valence-electron chi connectivity index (χ4n) is 2.64. The highest BCUT2D eigenvalue weighted by atomic mass is 16.5. The SMILES string of the molecule is C=C.CCOC(=O)C1CCN(c2cc(C)ccc2C=O)CC1. The molecule has 4 nitrogen and oxygen atoms in total. The van der Waals surface area contributed by atoms with Crippen LogP contribution < -0.4 is 4.90 Å². The first-order chi connectivity index (χ1) is 10.7. The molecule has 0 atom stereocenters. The number of hydrogen-bond acceptors (Lipinski definition) is 4. The Bertz CT molecular complexity index is 505. The number of rotatable bonds is 4. The molecular formula is C18H25NO3. The zero-order chi connectivity index (χ0) is 16.5. The Morgan fingerprint density at radius 1 is 1.36 bits per heavy atom. The largest absolute Gasteiger partial charge is 0.466 e. The lowest BCUT2D eigenvalue weighted by Crippen LogP contribution is -2.37. The number of benzene rings is 1. The molecule has 22 heavy (non-hydrogen) atoms. The van der Waals surface area contributed by atoms with Gasteiger partial charge in [-0.3, -0.25) is 9.59 Å². The number of aldehydes is 1. The number of esters is 1. The summed E-state index contributed by atoms with van der Waals surface area (Å²) in [4.78, 5) is 25.0. The summed E-state index contributed by atoms with van der Waals surface area (Å²) >= 11 is 0. The van der Waals surface area contributed by atoms with E-state index < -0.39 is 0 Å². The Morgan fingerprint density at radius 3 is 2.55 bits per heavy atom. The Morgan fingerprint density at radius 2 is 2.00 bits per heavy atom. The van der Waals surface area contributed by atoms with Gasteiger partial charge in [-0.15, -0.1) is 13.2 Å². The van der Waals surface area contributed by atoms with Crippen LogP contribution in [0.4, 0.5) is 5.69 Å². The van der Waals surface area contributed by atoms with Crippen molar-refractivity contribution in [2.75, 3.05) is 24.6 Å². The van der Waals surface area contributed by atoms with Crippen molar-refractivity contribution in [1.29, 1.82) is 0 Å². The molecule has 4 heteroatoms. The lowest BCUT2D eigenvalue weighted by molar-refractivity contribution is -0.148. The smallest absolute Gasteiger partial charge is 0.309 e. The summed E-state index contributed by atoms with van der Waals surface area (Å²) in [5, 5.41) is 0.